The molecule has 0 bridgehead atoms. The molecule has 1 aromatic heterocycles. The largest absolute Gasteiger partial charge is 0.383 e. The van der Waals surface area contributed by atoms with Crippen molar-refractivity contribution in [2.75, 3.05) is 18.8 Å². The molecule has 1 aromatic carbocycles. The number of ketones is 1. The molecule has 1 atom stereocenters. The van der Waals surface area contributed by atoms with Crippen molar-refractivity contribution in [3.63, 3.8) is 0 Å². The third kappa shape index (κ3) is 2.89. The fourth-order valence-corrected chi connectivity index (χ4v) is 3.75. The normalized spacial score (nSPS) is 20.2. The van der Waals surface area contributed by atoms with Gasteiger partial charge in [0.05, 0.1) is 17.4 Å². The number of rotatable bonds is 4. The van der Waals surface area contributed by atoms with Crippen LogP contribution in [0.1, 0.15) is 41.6 Å². The summed E-state index contributed by atoms with van der Waals surface area (Å²) in [6.45, 7) is 3.18. The van der Waals surface area contributed by atoms with Crippen molar-refractivity contribution in [3.05, 3.63) is 41.6 Å². The Labute approximate surface area is 153 Å². The number of benzene rings is 1. The fourth-order valence-electron chi connectivity index (χ4n) is 3.75. The number of amides is 1. The Bertz CT molecular complexity index is 836. The van der Waals surface area contributed by atoms with E-state index >= 15 is 0 Å². The van der Waals surface area contributed by atoms with Crippen molar-refractivity contribution >= 4 is 17.5 Å². The van der Waals surface area contributed by atoms with Crippen molar-refractivity contribution < 1.29 is 9.59 Å². The molecular weight excluding hydrogens is 328 g/mol. The summed E-state index contributed by atoms with van der Waals surface area (Å²) >= 11 is 0. The standard InChI is InChI=1S/C20H24N4O2/c1-13-5-7-16(8-6-13)24-19(21)17(11-22-24)18(25)15-9-10-23(12-15)20(26)14-3-2-4-14/h5-8,11,14-15H,2-4,9-10,12,21H2,1H3/t15-/m1/s1. The van der Waals surface area contributed by atoms with E-state index in [2.05, 4.69) is 5.10 Å². The number of carbonyl (C=O) groups is 2. The van der Waals surface area contributed by atoms with E-state index in [1.165, 1.54) is 0 Å². The highest BCUT2D eigenvalue weighted by atomic mass is 16.2. The number of nitrogen functional groups attached to an aromatic ring is 1. The Kier molecular flexibility index (Phi) is 4.26. The van der Waals surface area contributed by atoms with Crippen molar-refractivity contribution in [2.24, 2.45) is 11.8 Å². The van der Waals surface area contributed by atoms with E-state index in [-0.39, 0.29) is 23.5 Å². The monoisotopic (exact) mass is 352 g/mol. The molecule has 0 radical (unpaired) electrons. The first-order chi connectivity index (χ1) is 12.5. The molecule has 2 aliphatic rings. The third-order valence-corrected chi connectivity index (χ3v) is 5.68. The number of nitrogens with two attached hydrogens (primary N) is 1. The minimum Gasteiger partial charge on any atom is -0.383 e. The van der Waals surface area contributed by atoms with Crippen molar-refractivity contribution in [2.45, 2.75) is 32.6 Å². The van der Waals surface area contributed by atoms with E-state index in [1.54, 1.807) is 10.9 Å². The van der Waals surface area contributed by atoms with Gasteiger partial charge in [0.25, 0.3) is 0 Å². The Morgan fingerprint density at radius 3 is 2.50 bits per heavy atom. The third-order valence-electron chi connectivity index (χ3n) is 5.68. The van der Waals surface area contributed by atoms with Gasteiger partial charge in [0.2, 0.25) is 5.91 Å². The van der Waals surface area contributed by atoms with Gasteiger partial charge in [-0.25, -0.2) is 4.68 Å². The van der Waals surface area contributed by atoms with Crippen LogP contribution in [0.3, 0.4) is 0 Å². The number of nitrogens with zero attached hydrogens (tertiary/aromatic N) is 3. The minimum absolute atomic E-state index is 0.00947. The highest BCUT2D eigenvalue weighted by molar-refractivity contribution is 6.02. The van der Waals surface area contributed by atoms with Crippen LogP contribution in [0.25, 0.3) is 5.69 Å². The van der Waals surface area contributed by atoms with Gasteiger partial charge in [-0.2, -0.15) is 5.10 Å². The van der Waals surface area contributed by atoms with Crippen molar-refractivity contribution in [1.82, 2.24) is 14.7 Å². The van der Waals surface area contributed by atoms with E-state index in [0.717, 1.165) is 30.5 Å². The molecule has 2 N–H and O–H groups in total. The molecule has 6 heteroatoms. The van der Waals surface area contributed by atoms with Gasteiger partial charge in [-0.1, -0.05) is 24.1 Å². The van der Waals surface area contributed by atoms with Crippen LogP contribution < -0.4 is 5.73 Å². The van der Waals surface area contributed by atoms with E-state index in [1.807, 2.05) is 36.1 Å². The second-order valence-corrected chi connectivity index (χ2v) is 7.45. The lowest BCUT2D eigenvalue weighted by atomic mass is 9.84. The van der Waals surface area contributed by atoms with Crippen LogP contribution in [-0.4, -0.2) is 39.5 Å². The van der Waals surface area contributed by atoms with Crippen molar-refractivity contribution in [3.8, 4) is 5.69 Å². The predicted octanol–water partition coefficient (Wildman–Crippen LogP) is 2.59. The van der Waals surface area contributed by atoms with E-state index in [9.17, 15) is 9.59 Å². The number of hydrogen-bond acceptors (Lipinski definition) is 4. The first-order valence-electron chi connectivity index (χ1n) is 9.28. The molecule has 136 valence electrons. The van der Waals surface area contributed by atoms with Crippen LogP contribution in [0.5, 0.6) is 0 Å². The molecule has 2 aromatic rings. The summed E-state index contributed by atoms with van der Waals surface area (Å²) in [5, 5.41) is 4.30. The van der Waals surface area contributed by atoms with Gasteiger partial charge in [-0.3, -0.25) is 9.59 Å². The molecule has 4 rings (SSSR count). The van der Waals surface area contributed by atoms with E-state index in [0.29, 0.717) is 30.9 Å². The number of aromatic nitrogens is 2. The topological polar surface area (TPSA) is 81.2 Å². The SMILES string of the molecule is Cc1ccc(-n2ncc(C(=O)[C@@H]3CCN(C(=O)C4CCC4)C3)c2N)cc1. The van der Waals surface area contributed by atoms with E-state index in [4.69, 9.17) is 5.73 Å². The van der Waals surface area contributed by atoms with Crippen LogP contribution in [0, 0.1) is 18.8 Å². The van der Waals surface area contributed by atoms with E-state index < -0.39 is 0 Å². The van der Waals surface area contributed by atoms with Crippen LogP contribution in [0.15, 0.2) is 30.5 Å². The number of anilines is 1. The van der Waals surface area contributed by atoms with Gasteiger partial charge < -0.3 is 10.6 Å². The summed E-state index contributed by atoms with van der Waals surface area (Å²) in [5.74, 6) is 0.567. The van der Waals surface area contributed by atoms with Gasteiger partial charge >= 0.3 is 0 Å². The number of hydrogen-bond donors (Lipinski definition) is 1. The maximum Gasteiger partial charge on any atom is 0.225 e. The number of Topliss-reactive ketones (excluding diaryl/α,β-unsaturated/α-hetero) is 1. The molecule has 0 spiro atoms. The lowest BCUT2D eigenvalue weighted by Crippen LogP contribution is -2.37. The van der Waals surface area contributed by atoms with Gasteiger partial charge in [0, 0.05) is 24.9 Å². The highest BCUT2D eigenvalue weighted by Gasteiger charge is 2.37. The first-order valence-corrected chi connectivity index (χ1v) is 9.28. The Hall–Kier alpha value is -2.63. The Morgan fingerprint density at radius 1 is 1.12 bits per heavy atom. The highest BCUT2D eigenvalue weighted by Crippen LogP contribution is 2.31. The minimum atomic E-state index is -0.183. The summed E-state index contributed by atoms with van der Waals surface area (Å²) < 4.78 is 1.60. The average molecular weight is 352 g/mol. The van der Waals surface area contributed by atoms with Gasteiger partial charge in [0.1, 0.15) is 5.82 Å². The van der Waals surface area contributed by atoms with Gasteiger partial charge in [-0.05, 0) is 38.3 Å². The zero-order chi connectivity index (χ0) is 18.3. The molecule has 1 saturated carbocycles. The van der Waals surface area contributed by atoms with Gasteiger partial charge in [0.15, 0.2) is 5.78 Å². The zero-order valence-electron chi connectivity index (χ0n) is 15.0. The maximum absolute atomic E-state index is 12.9. The number of aryl methyl sites for hydroxylation is 1. The summed E-state index contributed by atoms with van der Waals surface area (Å²) in [7, 11) is 0. The predicted molar refractivity (Wildman–Crippen MR) is 99.1 cm³/mol. The smallest absolute Gasteiger partial charge is 0.225 e. The quantitative estimate of drug-likeness (QED) is 0.858. The fraction of sp³-hybridized carbons (Fsp3) is 0.450. The van der Waals surface area contributed by atoms with Crippen molar-refractivity contribution in [1.29, 1.82) is 0 Å². The summed E-state index contributed by atoms with van der Waals surface area (Å²) in [6, 6.07) is 7.83. The van der Waals surface area contributed by atoms with Crippen LogP contribution in [0.4, 0.5) is 5.82 Å². The number of carbonyl (C=O) groups excluding carboxylic acids is 2. The molecule has 2 heterocycles. The molecule has 0 unspecified atom stereocenters. The average Bonchev–Trinajstić information content (AvgIpc) is 3.21. The summed E-state index contributed by atoms with van der Waals surface area (Å²) in [5.41, 5.74) is 8.65. The summed E-state index contributed by atoms with van der Waals surface area (Å²) in [4.78, 5) is 27.2. The Balaban J connectivity index is 1.49. The maximum atomic E-state index is 12.9. The second kappa shape index (κ2) is 6.59. The molecule has 6 nitrogen and oxygen atoms in total. The van der Waals surface area contributed by atoms with Gasteiger partial charge in [-0.15, -0.1) is 0 Å². The molecule has 26 heavy (non-hydrogen) atoms. The molecular formula is C20H24N4O2. The lowest BCUT2D eigenvalue weighted by Gasteiger charge is -2.29. The molecule has 2 fully saturated rings. The zero-order valence-corrected chi connectivity index (χ0v) is 15.0. The number of likely N-dealkylation sites (tertiary alicyclic amines) is 1. The molecule has 1 aliphatic heterocycles. The van der Waals surface area contributed by atoms with Crippen LogP contribution in [-0.2, 0) is 4.79 Å². The van der Waals surface area contributed by atoms with Crippen LogP contribution in [0.2, 0.25) is 0 Å². The molecule has 1 amide bonds. The first kappa shape index (κ1) is 16.8. The van der Waals surface area contributed by atoms with Crippen LogP contribution >= 0.6 is 0 Å². The molecule has 1 saturated heterocycles. The molecule has 1 aliphatic carbocycles. The second-order valence-electron chi connectivity index (χ2n) is 7.45. The lowest BCUT2D eigenvalue weighted by molar-refractivity contribution is -0.137. The summed E-state index contributed by atoms with van der Waals surface area (Å²) in [6.07, 6.45) is 5.37. The Morgan fingerprint density at radius 2 is 1.85 bits per heavy atom.